The highest BCUT2D eigenvalue weighted by atomic mass is 32.2. The summed E-state index contributed by atoms with van der Waals surface area (Å²) >= 11 is 1.31. The Balaban J connectivity index is 1.80. The Hall–Kier alpha value is -2.65. The van der Waals surface area contributed by atoms with Crippen LogP contribution < -0.4 is 18.7 Å². The molecule has 2 N–H and O–H groups in total. The summed E-state index contributed by atoms with van der Waals surface area (Å²) in [6.07, 6.45) is 3.30. The van der Waals surface area contributed by atoms with Crippen LogP contribution >= 0.6 is 19.6 Å². The van der Waals surface area contributed by atoms with Gasteiger partial charge in [0.15, 0.2) is 17.3 Å². The highest BCUT2D eigenvalue weighted by molar-refractivity contribution is 7.98. The number of aromatic nitrogens is 1. The Labute approximate surface area is 169 Å². The fourth-order valence-corrected chi connectivity index (χ4v) is 3.93. The van der Waals surface area contributed by atoms with Crippen molar-refractivity contribution < 1.29 is 37.6 Å². The highest BCUT2D eigenvalue weighted by Crippen LogP contribution is 2.47. The number of hydrogen-bond donors (Lipinski definition) is 2. The number of hydrogen-bond acceptors (Lipinski definition) is 8. The molecule has 0 radical (unpaired) electrons. The number of phosphoric ester groups is 1. The number of phosphoric acid groups is 1. The van der Waals surface area contributed by atoms with Gasteiger partial charge < -0.3 is 23.3 Å². The maximum atomic E-state index is 11.3. The largest absolute Gasteiger partial charge is 0.524 e. The van der Waals surface area contributed by atoms with Crippen LogP contribution in [-0.4, -0.2) is 35.1 Å². The maximum Gasteiger partial charge on any atom is 0.524 e. The van der Waals surface area contributed by atoms with Crippen LogP contribution in [0.25, 0.3) is 22.5 Å². The molecule has 0 bridgehead atoms. The van der Waals surface area contributed by atoms with Gasteiger partial charge in [-0.05, 0) is 36.1 Å². The first kappa shape index (κ1) is 19.7. The molecule has 1 aromatic heterocycles. The van der Waals surface area contributed by atoms with Crippen LogP contribution in [0.5, 0.6) is 23.0 Å². The Kier molecular flexibility index (Phi) is 5.18. The summed E-state index contributed by atoms with van der Waals surface area (Å²) < 4.78 is 37.9. The van der Waals surface area contributed by atoms with Crippen LogP contribution in [-0.2, 0) is 4.57 Å². The molecule has 0 saturated carbocycles. The van der Waals surface area contributed by atoms with E-state index in [1.807, 2.05) is 0 Å². The van der Waals surface area contributed by atoms with Crippen molar-refractivity contribution in [2.45, 2.75) is 4.90 Å². The third-order valence-corrected chi connectivity index (χ3v) is 5.39. The Bertz CT molecular complexity index is 1110. The summed E-state index contributed by atoms with van der Waals surface area (Å²) in [6.45, 7) is 0.0949. The Morgan fingerprint density at radius 2 is 1.93 bits per heavy atom. The van der Waals surface area contributed by atoms with Crippen molar-refractivity contribution in [3.8, 4) is 45.4 Å². The van der Waals surface area contributed by atoms with Crippen molar-refractivity contribution in [1.29, 1.82) is 0 Å². The van der Waals surface area contributed by atoms with Crippen molar-refractivity contribution in [1.82, 2.24) is 5.16 Å². The van der Waals surface area contributed by atoms with Gasteiger partial charge in [0.05, 0.1) is 13.3 Å². The standard InChI is InChI=1S/C18H16NO8PS/c1-23-14-6-11(7-15-18(14)25-9-24-15)17-12(8-19-26-17)10-3-4-16(29-2)13(5-10)27-28(20,21)22/h3-8H,9H2,1-2H3,(H2,20,21,22). The molecular formula is C18H16NO8PS. The molecule has 2 heterocycles. The number of fused-ring (bicyclic) bond motifs is 1. The Morgan fingerprint density at radius 1 is 1.14 bits per heavy atom. The normalized spacial score (nSPS) is 12.8. The number of methoxy groups -OCH3 is 1. The fraction of sp³-hybridized carbons (Fsp3) is 0.167. The number of benzene rings is 2. The maximum absolute atomic E-state index is 11.3. The van der Waals surface area contributed by atoms with Gasteiger partial charge in [-0.1, -0.05) is 11.2 Å². The predicted molar refractivity (Wildman–Crippen MR) is 105 cm³/mol. The van der Waals surface area contributed by atoms with E-state index >= 15 is 0 Å². The zero-order valence-corrected chi connectivity index (χ0v) is 17.0. The molecule has 11 heteroatoms. The minimum Gasteiger partial charge on any atom is -0.493 e. The van der Waals surface area contributed by atoms with E-state index in [1.54, 1.807) is 30.5 Å². The molecule has 9 nitrogen and oxygen atoms in total. The lowest BCUT2D eigenvalue weighted by molar-refractivity contribution is 0.171. The van der Waals surface area contributed by atoms with E-state index in [4.69, 9.17) is 23.3 Å². The summed E-state index contributed by atoms with van der Waals surface area (Å²) in [5.41, 5.74) is 1.86. The molecule has 3 aromatic rings. The number of ether oxygens (including phenoxy) is 3. The second-order valence-corrected chi connectivity index (χ2v) is 7.94. The molecule has 0 spiro atoms. The molecule has 29 heavy (non-hydrogen) atoms. The second-order valence-electron chi connectivity index (χ2n) is 5.93. The summed E-state index contributed by atoms with van der Waals surface area (Å²) in [4.78, 5) is 19.0. The minimum atomic E-state index is -4.71. The molecule has 0 aliphatic carbocycles. The molecule has 0 unspecified atom stereocenters. The third kappa shape index (κ3) is 3.92. The van der Waals surface area contributed by atoms with Crippen LogP contribution in [0.4, 0.5) is 0 Å². The molecule has 0 fully saturated rings. The van der Waals surface area contributed by atoms with Crippen molar-refractivity contribution in [2.75, 3.05) is 20.2 Å². The monoisotopic (exact) mass is 437 g/mol. The quantitative estimate of drug-likeness (QED) is 0.433. The third-order valence-electron chi connectivity index (χ3n) is 4.18. The van der Waals surface area contributed by atoms with Gasteiger partial charge >= 0.3 is 7.82 Å². The van der Waals surface area contributed by atoms with E-state index in [-0.39, 0.29) is 12.5 Å². The van der Waals surface area contributed by atoms with E-state index in [9.17, 15) is 14.4 Å². The first-order valence-corrected chi connectivity index (χ1v) is 11.0. The van der Waals surface area contributed by atoms with Crippen LogP contribution in [0.3, 0.4) is 0 Å². The van der Waals surface area contributed by atoms with Gasteiger partial charge in [0.25, 0.3) is 0 Å². The summed E-state index contributed by atoms with van der Waals surface area (Å²) in [7, 11) is -3.19. The minimum absolute atomic E-state index is 0.0683. The molecule has 1 aliphatic rings. The zero-order valence-electron chi connectivity index (χ0n) is 15.3. The average Bonchev–Trinajstić information content (AvgIpc) is 3.35. The van der Waals surface area contributed by atoms with Gasteiger partial charge in [0.2, 0.25) is 12.5 Å². The fourth-order valence-electron chi connectivity index (χ4n) is 2.96. The summed E-state index contributed by atoms with van der Waals surface area (Å²) in [5, 5.41) is 3.88. The second kappa shape index (κ2) is 7.64. The van der Waals surface area contributed by atoms with Crippen LogP contribution in [0.2, 0.25) is 0 Å². The van der Waals surface area contributed by atoms with Crippen LogP contribution in [0.1, 0.15) is 0 Å². The van der Waals surface area contributed by atoms with Gasteiger partial charge in [-0.2, -0.15) is 0 Å². The van der Waals surface area contributed by atoms with Gasteiger partial charge in [0, 0.05) is 16.0 Å². The average molecular weight is 437 g/mol. The van der Waals surface area contributed by atoms with E-state index in [1.165, 1.54) is 31.1 Å². The van der Waals surface area contributed by atoms with Crippen LogP contribution in [0.15, 0.2) is 45.9 Å². The topological polar surface area (TPSA) is 120 Å². The van der Waals surface area contributed by atoms with Gasteiger partial charge in [0.1, 0.15) is 5.75 Å². The molecule has 2 aromatic carbocycles. The summed E-state index contributed by atoms with van der Waals surface area (Å²) in [6, 6.07) is 8.52. The molecule has 152 valence electrons. The van der Waals surface area contributed by atoms with Gasteiger partial charge in [-0.25, -0.2) is 4.57 Å². The molecular weight excluding hydrogens is 421 g/mol. The predicted octanol–water partition coefficient (Wildman–Crippen LogP) is 3.94. The molecule has 4 rings (SSSR count). The first-order chi connectivity index (χ1) is 13.9. The van der Waals surface area contributed by atoms with E-state index < -0.39 is 7.82 Å². The lowest BCUT2D eigenvalue weighted by atomic mass is 10.0. The highest BCUT2D eigenvalue weighted by Gasteiger charge is 2.24. The molecule has 0 atom stereocenters. The van der Waals surface area contributed by atoms with Crippen molar-refractivity contribution in [3.63, 3.8) is 0 Å². The van der Waals surface area contributed by atoms with Crippen molar-refractivity contribution in [3.05, 3.63) is 36.5 Å². The number of nitrogens with zero attached hydrogens (tertiary/aromatic N) is 1. The number of rotatable bonds is 6. The van der Waals surface area contributed by atoms with E-state index in [0.29, 0.717) is 44.6 Å². The smallest absolute Gasteiger partial charge is 0.493 e. The number of thioether (sulfide) groups is 1. The van der Waals surface area contributed by atoms with E-state index in [0.717, 1.165) is 0 Å². The lowest BCUT2D eigenvalue weighted by Crippen LogP contribution is -1.93. The lowest BCUT2D eigenvalue weighted by Gasteiger charge is -2.12. The zero-order chi connectivity index (χ0) is 20.6. The SMILES string of the molecule is COc1cc(-c2oncc2-c2ccc(SC)c(OP(=O)(O)O)c2)cc2c1OCO2. The molecule has 0 saturated heterocycles. The van der Waals surface area contributed by atoms with Gasteiger partial charge in [-0.3, -0.25) is 9.79 Å². The van der Waals surface area contributed by atoms with Crippen LogP contribution in [0, 0.1) is 0 Å². The summed E-state index contributed by atoms with van der Waals surface area (Å²) in [5.74, 6) is 2.02. The molecule has 1 aliphatic heterocycles. The molecule has 0 amide bonds. The van der Waals surface area contributed by atoms with E-state index in [2.05, 4.69) is 5.16 Å². The van der Waals surface area contributed by atoms with Crippen molar-refractivity contribution >= 4 is 19.6 Å². The Morgan fingerprint density at radius 3 is 2.66 bits per heavy atom. The first-order valence-electron chi connectivity index (χ1n) is 8.26. The van der Waals surface area contributed by atoms with Gasteiger partial charge in [-0.15, -0.1) is 11.8 Å². The van der Waals surface area contributed by atoms with Crippen molar-refractivity contribution in [2.24, 2.45) is 0 Å².